The molecule has 10 heteroatoms. The average molecular weight is 630 g/mol. The van der Waals surface area contributed by atoms with Crippen LogP contribution in [0.3, 0.4) is 0 Å². The van der Waals surface area contributed by atoms with E-state index in [9.17, 15) is 14.4 Å². The molecule has 1 unspecified atom stereocenters. The van der Waals surface area contributed by atoms with Crippen molar-refractivity contribution in [3.8, 4) is 11.5 Å². The van der Waals surface area contributed by atoms with Gasteiger partial charge in [0.25, 0.3) is 11.8 Å². The molecule has 0 bridgehead atoms. The fourth-order valence-corrected chi connectivity index (χ4v) is 5.38. The van der Waals surface area contributed by atoms with Gasteiger partial charge in [0.1, 0.15) is 5.70 Å². The van der Waals surface area contributed by atoms with Gasteiger partial charge < -0.3 is 25.4 Å². The first-order valence-electron chi connectivity index (χ1n) is 13.7. The highest BCUT2D eigenvalue weighted by Gasteiger charge is 2.20. The van der Waals surface area contributed by atoms with E-state index in [0.29, 0.717) is 45.4 Å². The van der Waals surface area contributed by atoms with E-state index < -0.39 is 11.8 Å². The third-order valence-corrected chi connectivity index (χ3v) is 7.97. The van der Waals surface area contributed by atoms with E-state index in [1.807, 2.05) is 13.0 Å². The van der Waals surface area contributed by atoms with Gasteiger partial charge in [-0.2, -0.15) is 0 Å². The van der Waals surface area contributed by atoms with E-state index in [-0.39, 0.29) is 16.9 Å². The van der Waals surface area contributed by atoms with Crippen LogP contribution in [0.15, 0.2) is 108 Å². The van der Waals surface area contributed by atoms with Gasteiger partial charge >= 0.3 is 0 Å². The van der Waals surface area contributed by atoms with Crippen molar-refractivity contribution in [3.05, 3.63) is 119 Å². The number of hydrogen-bond donors (Lipinski definition) is 3. The number of hydrogen-bond acceptors (Lipinski definition) is 6. The van der Waals surface area contributed by atoms with Crippen LogP contribution < -0.4 is 25.4 Å². The minimum atomic E-state index is -0.531. The van der Waals surface area contributed by atoms with E-state index in [1.165, 1.54) is 26.0 Å². The minimum absolute atomic E-state index is 0.0245. The van der Waals surface area contributed by atoms with Crippen molar-refractivity contribution < 1.29 is 23.9 Å². The predicted molar refractivity (Wildman–Crippen MR) is 177 cm³/mol. The minimum Gasteiger partial charge on any atom is -0.493 e. The van der Waals surface area contributed by atoms with E-state index in [4.69, 9.17) is 21.1 Å². The SMILES string of the molecule is CCC(Sc1cccc(NC(=O)/C(=C\c2ccc(OC)c(OC)c2)NC(=O)c2ccccc2)c1)C(=O)Nc1cccc(Cl)c1. The number of carbonyl (C=O) groups is 3. The standard InChI is InChI=1S/C34H32ClN3O5S/c1-4-31(34(41)37-25-13-8-12-24(35)20-25)44-27-15-9-14-26(21-27)36-33(40)28(38-32(39)23-10-6-5-7-11-23)18-22-16-17-29(42-2)30(19-22)43-3/h5-21,31H,4H2,1-3H3,(H,36,40)(H,37,41)(H,38,39)/b28-18+. The number of amides is 3. The first-order chi connectivity index (χ1) is 21.3. The van der Waals surface area contributed by atoms with Crippen LogP contribution in [0.5, 0.6) is 11.5 Å². The molecule has 0 radical (unpaired) electrons. The zero-order valence-electron chi connectivity index (χ0n) is 24.4. The molecule has 0 aliphatic heterocycles. The maximum Gasteiger partial charge on any atom is 0.272 e. The van der Waals surface area contributed by atoms with Crippen molar-refractivity contribution in [3.63, 3.8) is 0 Å². The van der Waals surface area contributed by atoms with Gasteiger partial charge in [-0.25, -0.2) is 0 Å². The summed E-state index contributed by atoms with van der Waals surface area (Å²) >= 11 is 7.44. The Balaban J connectivity index is 1.54. The lowest BCUT2D eigenvalue weighted by Crippen LogP contribution is -2.30. The highest BCUT2D eigenvalue weighted by atomic mass is 35.5. The van der Waals surface area contributed by atoms with Gasteiger partial charge in [0.2, 0.25) is 5.91 Å². The third-order valence-electron chi connectivity index (χ3n) is 6.37. The van der Waals surface area contributed by atoms with Crippen LogP contribution in [-0.4, -0.2) is 37.2 Å². The monoisotopic (exact) mass is 629 g/mol. The van der Waals surface area contributed by atoms with Gasteiger partial charge in [0.05, 0.1) is 19.5 Å². The molecule has 0 spiro atoms. The second kappa shape index (κ2) is 15.7. The van der Waals surface area contributed by atoms with Crippen molar-refractivity contribution in [2.24, 2.45) is 0 Å². The van der Waals surface area contributed by atoms with E-state index >= 15 is 0 Å². The Morgan fingerprint density at radius 1 is 0.818 bits per heavy atom. The summed E-state index contributed by atoms with van der Waals surface area (Å²) in [4.78, 5) is 40.3. The first kappa shape index (κ1) is 32.2. The van der Waals surface area contributed by atoms with Crippen LogP contribution in [-0.2, 0) is 9.59 Å². The molecule has 8 nitrogen and oxygen atoms in total. The van der Waals surface area contributed by atoms with Crippen LogP contribution in [0, 0.1) is 0 Å². The molecule has 1 atom stereocenters. The molecule has 0 heterocycles. The maximum absolute atomic E-state index is 13.6. The van der Waals surface area contributed by atoms with Crippen LogP contribution in [0.4, 0.5) is 11.4 Å². The Kier molecular flexibility index (Phi) is 11.5. The Morgan fingerprint density at radius 3 is 2.20 bits per heavy atom. The number of methoxy groups -OCH3 is 2. The molecule has 0 saturated heterocycles. The van der Waals surface area contributed by atoms with E-state index in [0.717, 1.165) is 4.90 Å². The first-order valence-corrected chi connectivity index (χ1v) is 15.0. The summed E-state index contributed by atoms with van der Waals surface area (Å²) < 4.78 is 10.7. The van der Waals surface area contributed by atoms with E-state index in [1.54, 1.807) is 97.1 Å². The summed E-state index contributed by atoms with van der Waals surface area (Å²) in [5, 5.41) is 8.66. The van der Waals surface area contributed by atoms with Crippen molar-refractivity contribution >= 4 is 58.5 Å². The Morgan fingerprint density at radius 2 is 1.52 bits per heavy atom. The largest absolute Gasteiger partial charge is 0.493 e. The number of anilines is 2. The highest BCUT2D eigenvalue weighted by Crippen LogP contribution is 2.30. The van der Waals surface area contributed by atoms with Crippen LogP contribution in [0.1, 0.15) is 29.3 Å². The molecule has 0 aromatic heterocycles. The summed E-state index contributed by atoms with van der Waals surface area (Å²) in [5.41, 5.74) is 2.16. The fourth-order valence-electron chi connectivity index (χ4n) is 4.17. The topological polar surface area (TPSA) is 106 Å². The quantitative estimate of drug-likeness (QED) is 0.112. The molecule has 3 N–H and O–H groups in total. The lowest BCUT2D eigenvalue weighted by Gasteiger charge is -2.16. The van der Waals surface area contributed by atoms with Crippen LogP contribution in [0.2, 0.25) is 5.02 Å². The second-order valence-corrected chi connectivity index (χ2v) is 11.2. The summed E-state index contributed by atoms with van der Waals surface area (Å²) in [6.07, 6.45) is 2.14. The van der Waals surface area contributed by atoms with Crippen molar-refractivity contribution in [1.29, 1.82) is 0 Å². The zero-order valence-corrected chi connectivity index (χ0v) is 26.0. The van der Waals surface area contributed by atoms with Crippen molar-refractivity contribution in [1.82, 2.24) is 5.32 Å². The van der Waals surface area contributed by atoms with Gasteiger partial charge in [-0.15, -0.1) is 11.8 Å². The summed E-state index contributed by atoms with van der Waals surface area (Å²) in [7, 11) is 3.05. The molecule has 0 aliphatic rings. The van der Waals surface area contributed by atoms with Gasteiger partial charge in [-0.3, -0.25) is 14.4 Å². The highest BCUT2D eigenvalue weighted by molar-refractivity contribution is 8.00. The van der Waals surface area contributed by atoms with Gasteiger partial charge in [0, 0.05) is 26.9 Å². The predicted octanol–water partition coefficient (Wildman–Crippen LogP) is 7.28. The lowest BCUT2D eigenvalue weighted by molar-refractivity contribution is -0.116. The molecule has 4 aromatic carbocycles. The molecule has 4 rings (SSSR count). The van der Waals surface area contributed by atoms with Gasteiger partial charge in [0.15, 0.2) is 11.5 Å². The number of rotatable bonds is 12. The molecule has 226 valence electrons. The number of nitrogens with one attached hydrogen (secondary N) is 3. The Hall–Kier alpha value is -4.73. The van der Waals surface area contributed by atoms with Crippen LogP contribution >= 0.6 is 23.4 Å². The molecule has 44 heavy (non-hydrogen) atoms. The number of thioether (sulfide) groups is 1. The van der Waals surface area contributed by atoms with Crippen LogP contribution in [0.25, 0.3) is 6.08 Å². The average Bonchev–Trinajstić information content (AvgIpc) is 3.03. The Bertz CT molecular complexity index is 1660. The summed E-state index contributed by atoms with van der Waals surface area (Å²) in [6.45, 7) is 1.93. The Labute approximate surface area is 265 Å². The lowest BCUT2D eigenvalue weighted by atomic mass is 10.1. The third kappa shape index (κ3) is 8.89. The molecular weight excluding hydrogens is 598 g/mol. The number of ether oxygens (including phenoxy) is 2. The molecule has 3 amide bonds. The fraction of sp³-hybridized carbons (Fsp3) is 0.147. The van der Waals surface area contributed by atoms with Crippen molar-refractivity contribution in [2.75, 3.05) is 24.9 Å². The molecular formula is C34H32ClN3O5S. The zero-order chi connectivity index (χ0) is 31.5. The smallest absolute Gasteiger partial charge is 0.272 e. The van der Waals surface area contributed by atoms with Crippen molar-refractivity contribution in [2.45, 2.75) is 23.5 Å². The molecule has 0 aliphatic carbocycles. The van der Waals surface area contributed by atoms with E-state index in [2.05, 4.69) is 16.0 Å². The van der Waals surface area contributed by atoms with Gasteiger partial charge in [-0.05, 0) is 78.7 Å². The second-order valence-electron chi connectivity index (χ2n) is 9.49. The summed E-state index contributed by atoms with van der Waals surface area (Å²) in [5.74, 6) is -0.113. The van der Waals surface area contributed by atoms with Gasteiger partial charge in [-0.1, -0.05) is 54.9 Å². The molecule has 0 fully saturated rings. The number of halogens is 1. The normalized spacial score (nSPS) is 11.7. The number of carbonyl (C=O) groups excluding carboxylic acids is 3. The number of benzene rings is 4. The molecule has 0 saturated carbocycles. The summed E-state index contributed by atoms with van der Waals surface area (Å²) in [6, 6.07) is 28.0. The maximum atomic E-state index is 13.6. The molecule has 4 aromatic rings.